The van der Waals surface area contributed by atoms with E-state index in [1.807, 2.05) is 13.0 Å². The van der Waals surface area contributed by atoms with E-state index in [9.17, 15) is 14.0 Å². The maximum Gasteiger partial charge on any atom is 0.224 e. The number of aryl methyl sites for hydroxylation is 2. The molecule has 2 aromatic carbocycles. The van der Waals surface area contributed by atoms with Crippen molar-refractivity contribution >= 4 is 23.2 Å². The molecule has 0 atom stereocenters. The number of furan rings is 1. The Bertz CT molecular complexity index is 1010. The van der Waals surface area contributed by atoms with E-state index in [0.717, 1.165) is 5.56 Å². The third kappa shape index (κ3) is 4.85. The van der Waals surface area contributed by atoms with Gasteiger partial charge < -0.3 is 15.1 Å². The predicted octanol–water partition coefficient (Wildman–Crippen LogP) is 4.92. The first kappa shape index (κ1) is 19.4. The lowest BCUT2D eigenvalue weighted by molar-refractivity contribution is -0.116. The van der Waals surface area contributed by atoms with E-state index in [2.05, 4.69) is 10.6 Å². The molecule has 5 nitrogen and oxygen atoms in total. The Balaban J connectivity index is 1.59. The first-order valence-corrected chi connectivity index (χ1v) is 8.94. The minimum Gasteiger partial charge on any atom is -0.461 e. The number of hydrogen-bond acceptors (Lipinski definition) is 3. The summed E-state index contributed by atoms with van der Waals surface area (Å²) >= 11 is 0. The van der Waals surface area contributed by atoms with Gasteiger partial charge in [-0.15, -0.1) is 0 Å². The van der Waals surface area contributed by atoms with Crippen LogP contribution >= 0.6 is 0 Å². The molecular weight excluding hydrogens is 359 g/mol. The predicted molar refractivity (Wildman–Crippen MR) is 107 cm³/mol. The quantitative estimate of drug-likeness (QED) is 0.637. The highest BCUT2D eigenvalue weighted by Gasteiger charge is 2.11. The molecule has 28 heavy (non-hydrogen) atoms. The Morgan fingerprint density at radius 2 is 1.82 bits per heavy atom. The summed E-state index contributed by atoms with van der Waals surface area (Å²) in [6.07, 6.45) is 0.609. The summed E-state index contributed by atoms with van der Waals surface area (Å²) in [4.78, 5) is 23.5. The summed E-state index contributed by atoms with van der Waals surface area (Å²) in [5.41, 5.74) is 2.56. The molecule has 0 saturated heterocycles. The lowest BCUT2D eigenvalue weighted by Crippen LogP contribution is -2.13. The Kier molecular flexibility index (Phi) is 5.89. The van der Waals surface area contributed by atoms with Crippen molar-refractivity contribution in [1.29, 1.82) is 0 Å². The SMILES string of the molecule is CC(=O)Nc1cc(NC(=O)CCc2ccc(-c3ccccc3F)o2)ccc1C. The zero-order valence-corrected chi connectivity index (χ0v) is 15.7. The zero-order chi connectivity index (χ0) is 20.1. The van der Waals surface area contributed by atoms with E-state index in [-0.39, 0.29) is 24.1 Å². The maximum atomic E-state index is 13.8. The van der Waals surface area contributed by atoms with Crippen molar-refractivity contribution in [2.45, 2.75) is 26.7 Å². The van der Waals surface area contributed by atoms with Crippen LogP contribution in [-0.4, -0.2) is 11.8 Å². The third-order valence-corrected chi connectivity index (χ3v) is 4.23. The zero-order valence-electron chi connectivity index (χ0n) is 15.7. The Morgan fingerprint density at radius 1 is 1.04 bits per heavy atom. The summed E-state index contributed by atoms with van der Waals surface area (Å²) in [7, 11) is 0. The number of amides is 2. The summed E-state index contributed by atoms with van der Waals surface area (Å²) in [6.45, 7) is 3.31. The molecular formula is C22H21FN2O3. The van der Waals surface area contributed by atoms with E-state index >= 15 is 0 Å². The van der Waals surface area contributed by atoms with Crippen LogP contribution in [0.4, 0.5) is 15.8 Å². The number of carbonyl (C=O) groups is 2. The average molecular weight is 380 g/mol. The molecule has 0 unspecified atom stereocenters. The fourth-order valence-electron chi connectivity index (χ4n) is 2.80. The first-order valence-electron chi connectivity index (χ1n) is 8.94. The second kappa shape index (κ2) is 8.52. The van der Waals surface area contributed by atoms with Crippen LogP contribution in [0.5, 0.6) is 0 Å². The van der Waals surface area contributed by atoms with Crippen LogP contribution in [0.3, 0.4) is 0 Å². The van der Waals surface area contributed by atoms with E-state index in [1.54, 1.807) is 42.5 Å². The second-order valence-corrected chi connectivity index (χ2v) is 6.50. The van der Waals surface area contributed by atoms with E-state index < -0.39 is 0 Å². The average Bonchev–Trinajstić information content (AvgIpc) is 3.11. The van der Waals surface area contributed by atoms with E-state index in [0.29, 0.717) is 34.9 Å². The third-order valence-electron chi connectivity index (χ3n) is 4.23. The standard InChI is InChI=1S/C22H21FN2O3/c1-14-7-8-16(13-20(14)24-15(2)26)25-22(27)12-10-17-9-11-21(28-17)18-5-3-4-6-19(18)23/h3-9,11,13H,10,12H2,1-2H3,(H,24,26)(H,25,27). The molecule has 2 N–H and O–H groups in total. The molecule has 144 valence electrons. The minimum absolute atomic E-state index is 0.171. The van der Waals surface area contributed by atoms with Gasteiger partial charge in [-0.1, -0.05) is 18.2 Å². The number of rotatable bonds is 6. The molecule has 0 saturated carbocycles. The molecule has 1 aromatic heterocycles. The van der Waals surface area contributed by atoms with Crippen LogP contribution in [0.2, 0.25) is 0 Å². The van der Waals surface area contributed by atoms with Crippen molar-refractivity contribution in [2.24, 2.45) is 0 Å². The number of benzene rings is 2. The van der Waals surface area contributed by atoms with Crippen molar-refractivity contribution < 1.29 is 18.4 Å². The fourth-order valence-corrected chi connectivity index (χ4v) is 2.80. The lowest BCUT2D eigenvalue weighted by Gasteiger charge is -2.10. The molecule has 0 fully saturated rings. The summed E-state index contributed by atoms with van der Waals surface area (Å²) in [5.74, 6) is 0.343. The van der Waals surface area contributed by atoms with Crippen LogP contribution < -0.4 is 10.6 Å². The monoisotopic (exact) mass is 380 g/mol. The van der Waals surface area contributed by atoms with Gasteiger partial charge in [0.2, 0.25) is 11.8 Å². The van der Waals surface area contributed by atoms with Gasteiger partial charge in [0.25, 0.3) is 0 Å². The van der Waals surface area contributed by atoms with Crippen molar-refractivity contribution in [3.05, 3.63) is 71.7 Å². The van der Waals surface area contributed by atoms with Crippen molar-refractivity contribution in [3.63, 3.8) is 0 Å². The molecule has 3 rings (SSSR count). The highest BCUT2D eigenvalue weighted by molar-refractivity contribution is 5.94. The molecule has 0 aliphatic carbocycles. The van der Waals surface area contributed by atoms with Gasteiger partial charge in [-0.3, -0.25) is 9.59 Å². The Labute approximate surface area is 162 Å². The maximum absolute atomic E-state index is 13.8. The number of hydrogen-bond donors (Lipinski definition) is 2. The van der Waals surface area contributed by atoms with Crippen molar-refractivity contribution in [3.8, 4) is 11.3 Å². The van der Waals surface area contributed by atoms with Gasteiger partial charge in [0.1, 0.15) is 17.3 Å². The van der Waals surface area contributed by atoms with Gasteiger partial charge >= 0.3 is 0 Å². The van der Waals surface area contributed by atoms with Crippen LogP contribution in [0.1, 0.15) is 24.7 Å². The van der Waals surface area contributed by atoms with E-state index in [1.165, 1.54) is 13.0 Å². The number of carbonyl (C=O) groups excluding carboxylic acids is 2. The van der Waals surface area contributed by atoms with Crippen LogP contribution in [-0.2, 0) is 16.0 Å². The molecule has 0 spiro atoms. The Morgan fingerprint density at radius 3 is 2.57 bits per heavy atom. The second-order valence-electron chi connectivity index (χ2n) is 6.50. The lowest BCUT2D eigenvalue weighted by atomic mass is 10.1. The number of nitrogens with one attached hydrogen (secondary N) is 2. The number of halogens is 1. The molecule has 0 radical (unpaired) electrons. The molecule has 6 heteroatoms. The largest absolute Gasteiger partial charge is 0.461 e. The first-order chi connectivity index (χ1) is 13.4. The fraction of sp³-hybridized carbons (Fsp3) is 0.182. The smallest absolute Gasteiger partial charge is 0.224 e. The highest BCUT2D eigenvalue weighted by atomic mass is 19.1. The summed E-state index contributed by atoms with van der Waals surface area (Å²) in [6, 6.07) is 15.2. The molecule has 0 aliphatic rings. The molecule has 3 aromatic rings. The van der Waals surface area contributed by atoms with Gasteiger partial charge in [-0.05, 0) is 48.9 Å². The molecule has 0 aliphatic heterocycles. The van der Waals surface area contributed by atoms with Crippen molar-refractivity contribution in [1.82, 2.24) is 0 Å². The normalized spacial score (nSPS) is 10.5. The van der Waals surface area contributed by atoms with Crippen LogP contribution in [0, 0.1) is 12.7 Å². The summed E-state index contributed by atoms with van der Waals surface area (Å²) < 4.78 is 19.5. The molecule has 1 heterocycles. The van der Waals surface area contributed by atoms with Crippen molar-refractivity contribution in [2.75, 3.05) is 10.6 Å². The minimum atomic E-state index is -0.351. The number of anilines is 2. The van der Waals surface area contributed by atoms with Gasteiger partial charge in [0, 0.05) is 31.1 Å². The topological polar surface area (TPSA) is 71.3 Å². The van der Waals surface area contributed by atoms with Gasteiger partial charge in [0.05, 0.1) is 5.56 Å². The van der Waals surface area contributed by atoms with Crippen LogP contribution in [0.15, 0.2) is 59.0 Å². The summed E-state index contributed by atoms with van der Waals surface area (Å²) in [5, 5.41) is 5.54. The Hall–Kier alpha value is -3.41. The van der Waals surface area contributed by atoms with Crippen LogP contribution in [0.25, 0.3) is 11.3 Å². The van der Waals surface area contributed by atoms with Gasteiger partial charge in [-0.25, -0.2) is 4.39 Å². The van der Waals surface area contributed by atoms with Gasteiger partial charge in [-0.2, -0.15) is 0 Å². The van der Waals surface area contributed by atoms with Gasteiger partial charge in [0.15, 0.2) is 0 Å². The molecule has 2 amide bonds. The highest BCUT2D eigenvalue weighted by Crippen LogP contribution is 2.25. The molecule has 0 bridgehead atoms. The van der Waals surface area contributed by atoms with E-state index in [4.69, 9.17) is 4.42 Å².